The fourth-order valence-corrected chi connectivity index (χ4v) is 2.84. The molecule has 4 heteroatoms. The second-order valence-corrected chi connectivity index (χ2v) is 5.34. The number of carbonyl (C=O) groups excluding carboxylic acids is 1. The minimum atomic E-state index is -0.0568. The number of ether oxygens (including phenoxy) is 1. The molecule has 1 aliphatic carbocycles. The van der Waals surface area contributed by atoms with Gasteiger partial charge in [-0.1, -0.05) is 13.3 Å². The number of hydrogen-bond donors (Lipinski definition) is 1. The third-order valence-electron chi connectivity index (χ3n) is 4.02. The summed E-state index contributed by atoms with van der Waals surface area (Å²) in [6.45, 7) is 7.10. The largest absolute Gasteiger partial charge is 0.378 e. The predicted molar refractivity (Wildman–Crippen MR) is 66.8 cm³/mol. The molecule has 1 saturated heterocycles. The number of nitrogens with one attached hydrogen (secondary N) is 1. The Labute approximate surface area is 104 Å². The lowest BCUT2D eigenvalue weighted by Gasteiger charge is -2.31. The lowest BCUT2D eigenvalue weighted by molar-refractivity contribution is -0.137. The van der Waals surface area contributed by atoms with Gasteiger partial charge in [0.15, 0.2) is 0 Å². The van der Waals surface area contributed by atoms with Gasteiger partial charge in [-0.05, 0) is 25.7 Å². The molecule has 1 amide bonds. The third kappa shape index (κ3) is 3.19. The molecule has 3 unspecified atom stereocenters. The van der Waals surface area contributed by atoms with Crippen LogP contribution in [0.2, 0.25) is 0 Å². The molecule has 1 aliphatic heterocycles. The molecular formula is C13H24N2O2. The Balaban J connectivity index is 1.81. The van der Waals surface area contributed by atoms with Gasteiger partial charge in [0.2, 0.25) is 5.91 Å². The van der Waals surface area contributed by atoms with Gasteiger partial charge in [-0.15, -0.1) is 0 Å². The van der Waals surface area contributed by atoms with Crippen LogP contribution in [0.4, 0.5) is 0 Å². The molecule has 0 aromatic heterocycles. The van der Waals surface area contributed by atoms with Crippen molar-refractivity contribution in [3.63, 3.8) is 0 Å². The smallest absolute Gasteiger partial charge is 0.239 e. The van der Waals surface area contributed by atoms with Crippen LogP contribution >= 0.6 is 0 Å². The number of nitrogens with zero attached hydrogens (tertiary/aromatic N) is 1. The molecule has 0 aromatic carbocycles. The minimum absolute atomic E-state index is 0.0568. The average molecular weight is 240 g/mol. The summed E-state index contributed by atoms with van der Waals surface area (Å²) in [5, 5.41) is 3.49. The zero-order chi connectivity index (χ0) is 12.3. The van der Waals surface area contributed by atoms with Gasteiger partial charge in [0.25, 0.3) is 0 Å². The number of amides is 1. The van der Waals surface area contributed by atoms with Gasteiger partial charge in [-0.2, -0.15) is 0 Å². The standard InChI is InChI=1S/C13H24N2O2/c1-10-4-3-5-12(10)14-11(2)13(16)15-6-8-17-9-7-15/h10-12,14H,3-9H2,1-2H3. The fourth-order valence-electron chi connectivity index (χ4n) is 2.84. The van der Waals surface area contributed by atoms with E-state index < -0.39 is 0 Å². The van der Waals surface area contributed by atoms with Crippen molar-refractivity contribution in [3.8, 4) is 0 Å². The van der Waals surface area contributed by atoms with Crippen molar-refractivity contribution in [1.82, 2.24) is 10.2 Å². The molecule has 2 rings (SSSR count). The SMILES string of the molecule is CC(NC1CCCC1C)C(=O)N1CCOCC1. The molecule has 2 fully saturated rings. The maximum Gasteiger partial charge on any atom is 0.239 e. The highest BCUT2D eigenvalue weighted by molar-refractivity contribution is 5.81. The number of morpholine rings is 1. The van der Waals surface area contributed by atoms with Crippen LogP contribution in [0.25, 0.3) is 0 Å². The van der Waals surface area contributed by atoms with Crippen LogP contribution in [-0.4, -0.2) is 49.2 Å². The summed E-state index contributed by atoms with van der Waals surface area (Å²) in [5.74, 6) is 0.933. The van der Waals surface area contributed by atoms with Crippen LogP contribution in [0.1, 0.15) is 33.1 Å². The summed E-state index contributed by atoms with van der Waals surface area (Å²) in [6.07, 6.45) is 3.79. The topological polar surface area (TPSA) is 41.6 Å². The maximum absolute atomic E-state index is 12.2. The first-order valence-electron chi connectivity index (χ1n) is 6.81. The summed E-state index contributed by atoms with van der Waals surface area (Å²) >= 11 is 0. The fraction of sp³-hybridized carbons (Fsp3) is 0.923. The van der Waals surface area contributed by atoms with E-state index in [9.17, 15) is 4.79 Å². The van der Waals surface area contributed by atoms with E-state index in [1.165, 1.54) is 19.3 Å². The number of carbonyl (C=O) groups is 1. The molecule has 0 radical (unpaired) electrons. The van der Waals surface area contributed by atoms with Gasteiger partial charge in [0.1, 0.15) is 0 Å². The van der Waals surface area contributed by atoms with Gasteiger partial charge in [0.05, 0.1) is 19.3 Å². The predicted octanol–water partition coefficient (Wildman–Crippen LogP) is 1.01. The van der Waals surface area contributed by atoms with Crippen molar-refractivity contribution in [3.05, 3.63) is 0 Å². The molecule has 1 heterocycles. The molecule has 3 atom stereocenters. The maximum atomic E-state index is 12.2. The molecule has 98 valence electrons. The lowest BCUT2D eigenvalue weighted by atomic mass is 10.1. The van der Waals surface area contributed by atoms with Crippen LogP contribution in [0.15, 0.2) is 0 Å². The molecule has 0 bridgehead atoms. The highest BCUT2D eigenvalue weighted by Gasteiger charge is 2.28. The van der Waals surface area contributed by atoms with Gasteiger partial charge in [0, 0.05) is 19.1 Å². The molecule has 1 N–H and O–H groups in total. The van der Waals surface area contributed by atoms with E-state index in [4.69, 9.17) is 4.74 Å². The van der Waals surface area contributed by atoms with Crippen LogP contribution in [0.3, 0.4) is 0 Å². The minimum Gasteiger partial charge on any atom is -0.378 e. The van der Waals surface area contributed by atoms with E-state index in [-0.39, 0.29) is 11.9 Å². The first-order chi connectivity index (χ1) is 8.18. The summed E-state index contributed by atoms with van der Waals surface area (Å²) in [6, 6.07) is 0.466. The van der Waals surface area contributed by atoms with Crippen molar-refractivity contribution >= 4 is 5.91 Å². The van der Waals surface area contributed by atoms with Crippen LogP contribution in [0, 0.1) is 5.92 Å². The number of hydrogen-bond acceptors (Lipinski definition) is 3. The second kappa shape index (κ2) is 5.83. The lowest BCUT2D eigenvalue weighted by Crippen LogP contribution is -2.51. The van der Waals surface area contributed by atoms with Gasteiger partial charge in [-0.3, -0.25) is 4.79 Å². The van der Waals surface area contributed by atoms with Crippen LogP contribution in [-0.2, 0) is 9.53 Å². The zero-order valence-corrected chi connectivity index (χ0v) is 10.9. The second-order valence-electron chi connectivity index (χ2n) is 5.34. The van der Waals surface area contributed by atoms with Crippen molar-refractivity contribution in [2.75, 3.05) is 26.3 Å². The first kappa shape index (κ1) is 12.8. The Hall–Kier alpha value is -0.610. The molecular weight excluding hydrogens is 216 g/mol. The number of rotatable bonds is 3. The molecule has 4 nitrogen and oxygen atoms in total. The third-order valence-corrected chi connectivity index (χ3v) is 4.02. The molecule has 1 saturated carbocycles. The van der Waals surface area contributed by atoms with E-state index in [0.29, 0.717) is 25.2 Å². The van der Waals surface area contributed by atoms with E-state index in [2.05, 4.69) is 12.2 Å². The molecule has 2 aliphatic rings. The Morgan fingerprint density at radius 1 is 1.35 bits per heavy atom. The summed E-state index contributed by atoms with van der Waals surface area (Å²) in [4.78, 5) is 14.1. The Morgan fingerprint density at radius 2 is 2.06 bits per heavy atom. The normalized spacial score (nSPS) is 31.5. The summed E-state index contributed by atoms with van der Waals surface area (Å²) < 4.78 is 5.27. The van der Waals surface area contributed by atoms with Crippen molar-refractivity contribution in [2.45, 2.75) is 45.2 Å². The van der Waals surface area contributed by atoms with Crippen molar-refractivity contribution in [2.24, 2.45) is 5.92 Å². The van der Waals surface area contributed by atoms with Crippen molar-refractivity contribution < 1.29 is 9.53 Å². The van der Waals surface area contributed by atoms with Crippen LogP contribution in [0.5, 0.6) is 0 Å². The Kier molecular flexibility index (Phi) is 4.40. The molecule has 0 aromatic rings. The zero-order valence-electron chi connectivity index (χ0n) is 10.9. The first-order valence-corrected chi connectivity index (χ1v) is 6.81. The van der Waals surface area contributed by atoms with Gasteiger partial charge >= 0.3 is 0 Å². The van der Waals surface area contributed by atoms with E-state index in [0.717, 1.165) is 13.1 Å². The Morgan fingerprint density at radius 3 is 2.65 bits per heavy atom. The molecule has 17 heavy (non-hydrogen) atoms. The molecule has 0 spiro atoms. The van der Waals surface area contributed by atoms with Gasteiger partial charge in [-0.25, -0.2) is 0 Å². The highest BCUT2D eigenvalue weighted by Crippen LogP contribution is 2.25. The van der Waals surface area contributed by atoms with E-state index in [1.807, 2.05) is 11.8 Å². The monoisotopic (exact) mass is 240 g/mol. The summed E-state index contributed by atoms with van der Waals surface area (Å²) in [7, 11) is 0. The summed E-state index contributed by atoms with van der Waals surface area (Å²) in [5.41, 5.74) is 0. The van der Waals surface area contributed by atoms with Crippen molar-refractivity contribution in [1.29, 1.82) is 0 Å². The van der Waals surface area contributed by atoms with E-state index in [1.54, 1.807) is 0 Å². The van der Waals surface area contributed by atoms with Crippen LogP contribution < -0.4 is 5.32 Å². The van der Waals surface area contributed by atoms with Gasteiger partial charge < -0.3 is 15.0 Å². The quantitative estimate of drug-likeness (QED) is 0.800. The Bertz CT molecular complexity index is 264. The highest BCUT2D eigenvalue weighted by atomic mass is 16.5. The van der Waals surface area contributed by atoms with E-state index >= 15 is 0 Å². The average Bonchev–Trinajstić information content (AvgIpc) is 2.75.